The van der Waals surface area contributed by atoms with Crippen LogP contribution in [0.15, 0.2) is 0 Å². The molecule has 0 aromatic carbocycles. The van der Waals surface area contributed by atoms with Crippen LogP contribution < -0.4 is 0 Å². The fourth-order valence-electron chi connectivity index (χ4n) is 2.36. The molecule has 0 aliphatic rings. The maximum Gasteiger partial charge on any atom is 0.0200 e. The Bertz CT molecular complexity index is 175. The molecule has 0 spiro atoms. The van der Waals surface area contributed by atoms with Gasteiger partial charge in [0.15, 0.2) is 0 Å². The van der Waals surface area contributed by atoms with Gasteiger partial charge in [0.05, 0.1) is 0 Å². The predicted molar refractivity (Wildman–Crippen MR) is 79.1 cm³/mol. The van der Waals surface area contributed by atoms with E-state index < -0.39 is 0 Å². The molecule has 0 bridgehead atoms. The average molecular weight is 236 g/mol. The second kappa shape index (κ2) is 13.6. The minimum absolute atomic E-state index is 0.546. The van der Waals surface area contributed by atoms with Gasteiger partial charge in [0.2, 0.25) is 0 Å². The van der Waals surface area contributed by atoms with Gasteiger partial charge < -0.3 is 0 Å². The molecule has 17 heavy (non-hydrogen) atoms. The lowest BCUT2D eigenvalue weighted by molar-refractivity contribution is 0.496. The molecule has 100 valence electrons. The van der Waals surface area contributed by atoms with Gasteiger partial charge >= 0.3 is 0 Å². The van der Waals surface area contributed by atoms with Crippen molar-refractivity contribution in [3.63, 3.8) is 0 Å². The van der Waals surface area contributed by atoms with Crippen LogP contribution in [0.1, 0.15) is 90.9 Å². The van der Waals surface area contributed by atoms with Crippen molar-refractivity contribution in [2.45, 2.75) is 90.9 Å². The standard InChI is InChI=1S/C17H32/c1-4-7-8-9-10-11-12-13-14-16-17(6-3)15-5-2/h3,17H,4-5,7-16H2,1-2H3. The van der Waals surface area contributed by atoms with Crippen LogP contribution in [0.5, 0.6) is 0 Å². The summed E-state index contributed by atoms with van der Waals surface area (Å²) >= 11 is 0. The van der Waals surface area contributed by atoms with E-state index in [9.17, 15) is 0 Å². The Kier molecular flexibility index (Phi) is 13.3. The van der Waals surface area contributed by atoms with E-state index in [0.29, 0.717) is 5.92 Å². The third-order valence-corrected chi connectivity index (χ3v) is 3.53. The van der Waals surface area contributed by atoms with Crippen LogP contribution in [0.4, 0.5) is 0 Å². The number of unbranched alkanes of at least 4 members (excludes halogenated alkanes) is 8. The van der Waals surface area contributed by atoms with Gasteiger partial charge in [-0.15, -0.1) is 12.3 Å². The zero-order valence-electron chi connectivity index (χ0n) is 12.1. The average Bonchev–Trinajstić information content (AvgIpc) is 2.35. The molecular formula is C17H32. The molecule has 1 atom stereocenters. The van der Waals surface area contributed by atoms with E-state index in [1.54, 1.807) is 0 Å². The minimum atomic E-state index is 0.546. The maximum absolute atomic E-state index is 5.52. The van der Waals surface area contributed by atoms with Crippen molar-refractivity contribution in [1.82, 2.24) is 0 Å². The molecule has 0 heteroatoms. The Morgan fingerprint density at radius 1 is 0.706 bits per heavy atom. The Labute approximate surface area is 110 Å². The number of rotatable bonds is 12. The second-order valence-corrected chi connectivity index (χ2v) is 5.27. The van der Waals surface area contributed by atoms with E-state index in [-0.39, 0.29) is 0 Å². The molecule has 0 aromatic heterocycles. The molecule has 0 amide bonds. The summed E-state index contributed by atoms with van der Waals surface area (Å²) < 4.78 is 0. The van der Waals surface area contributed by atoms with Crippen LogP contribution in [0.25, 0.3) is 0 Å². The summed E-state index contributed by atoms with van der Waals surface area (Å²) in [6, 6.07) is 0. The monoisotopic (exact) mass is 236 g/mol. The summed E-state index contributed by atoms with van der Waals surface area (Å²) in [4.78, 5) is 0. The summed E-state index contributed by atoms with van der Waals surface area (Å²) in [5.74, 6) is 3.47. The van der Waals surface area contributed by atoms with Crippen LogP contribution in [-0.2, 0) is 0 Å². The number of hydrogen-bond donors (Lipinski definition) is 0. The van der Waals surface area contributed by atoms with Gasteiger partial charge in [-0.1, -0.05) is 78.1 Å². The minimum Gasteiger partial charge on any atom is -0.120 e. The van der Waals surface area contributed by atoms with Crippen molar-refractivity contribution in [3.8, 4) is 12.3 Å². The highest BCUT2D eigenvalue weighted by Gasteiger charge is 2.02. The molecule has 0 radical (unpaired) electrons. The lowest BCUT2D eigenvalue weighted by atomic mass is 9.97. The zero-order chi connectivity index (χ0) is 12.8. The van der Waals surface area contributed by atoms with E-state index in [2.05, 4.69) is 19.8 Å². The van der Waals surface area contributed by atoms with Crippen molar-refractivity contribution in [2.24, 2.45) is 5.92 Å². The van der Waals surface area contributed by atoms with Gasteiger partial charge in [-0.3, -0.25) is 0 Å². The third-order valence-electron chi connectivity index (χ3n) is 3.53. The summed E-state index contributed by atoms with van der Waals surface area (Å²) in [6.45, 7) is 4.50. The van der Waals surface area contributed by atoms with E-state index >= 15 is 0 Å². The van der Waals surface area contributed by atoms with Crippen molar-refractivity contribution in [1.29, 1.82) is 0 Å². The van der Waals surface area contributed by atoms with Crippen LogP contribution in [0.2, 0.25) is 0 Å². The van der Waals surface area contributed by atoms with Gasteiger partial charge in [-0.2, -0.15) is 0 Å². The molecular weight excluding hydrogens is 204 g/mol. The summed E-state index contributed by atoms with van der Waals surface area (Å²) in [5.41, 5.74) is 0. The SMILES string of the molecule is C#CC(CCC)CCCCCCCCCCC. The first kappa shape index (κ1) is 16.6. The van der Waals surface area contributed by atoms with E-state index in [4.69, 9.17) is 6.42 Å². The largest absolute Gasteiger partial charge is 0.120 e. The first-order valence-electron chi connectivity index (χ1n) is 7.81. The second-order valence-electron chi connectivity index (χ2n) is 5.27. The van der Waals surface area contributed by atoms with Crippen LogP contribution >= 0.6 is 0 Å². The Morgan fingerprint density at radius 3 is 1.71 bits per heavy atom. The lowest BCUT2D eigenvalue weighted by Gasteiger charge is -2.08. The lowest BCUT2D eigenvalue weighted by Crippen LogP contribution is -1.96. The Morgan fingerprint density at radius 2 is 1.24 bits per heavy atom. The van der Waals surface area contributed by atoms with E-state index in [1.165, 1.54) is 77.0 Å². The molecule has 0 nitrogen and oxygen atoms in total. The van der Waals surface area contributed by atoms with Gasteiger partial charge in [0.25, 0.3) is 0 Å². The molecule has 0 N–H and O–H groups in total. The molecule has 1 unspecified atom stereocenters. The van der Waals surface area contributed by atoms with Gasteiger partial charge in [-0.25, -0.2) is 0 Å². The van der Waals surface area contributed by atoms with E-state index in [0.717, 1.165) is 0 Å². The topological polar surface area (TPSA) is 0 Å². The van der Waals surface area contributed by atoms with Crippen LogP contribution in [0.3, 0.4) is 0 Å². The van der Waals surface area contributed by atoms with Crippen molar-refractivity contribution in [2.75, 3.05) is 0 Å². The Hall–Kier alpha value is -0.440. The summed E-state index contributed by atoms with van der Waals surface area (Å²) in [5, 5.41) is 0. The maximum atomic E-state index is 5.52. The van der Waals surface area contributed by atoms with Gasteiger partial charge in [0.1, 0.15) is 0 Å². The predicted octanol–water partition coefficient (Wildman–Crippen LogP) is 5.96. The highest BCUT2D eigenvalue weighted by molar-refractivity contribution is 4.92. The highest BCUT2D eigenvalue weighted by Crippen LogP contribution is 2.16. The van der Waals surface area contributed by atoms with Gasteiger partial charge in [0, 0.05) is 5.92 Å². The fraction of sp³-hybridized carbons (Fsp3) is 0.882. The molecule has 0 aromatic rings. The molecule has 0 rings (SSSR count). The fourth-order valence-corrected chi connectivity index (χ4v) is 2.36. The normalized spacial score (nSPS) is 12.3. The zero-order valence-corrected chi connectivity index (χ0v) is 12.1. The molecule has 0 saturated heterocycles. The molecule has 0 aliphatic heterocycles. The molecule has 0 aliphatic carbocycles. The van der Waals surface area contributed by atoms with Gasteiger partial charge in [-0.05, 0) is 12.8 Å². The van der Waals surface area contributed by atoms with Crippen LogP contribution in [-0.4, -0.2) is 0 Å². The summed E-state index contributed by atoms with van der Waals surface area (Å²) in [7, 11) is 0. The van der Waals surface area contributed by atoms with Crippen molar-refractivity contribution in [3.05, 3.63) is 0 Å². The molecule has 0 saturated carbocycles. The molecule has 0 fully saturated rings. The Balaban J connectivity index is 3.15. The first-order chi connectivity index (χ1) is 8.35. The van der Waals surface area contributed by atoms with E-state index in [1.807, 2.05) is 0 Å². The molecule has 0 heterocycles. The highest BCUT2D eigenvalue weighted by atomic mass is 14.1. The quantitative estimate of drug-likeness (QED) is 0.290. The van der Waals surface area contributed by atoms with Crippen molar-refractivity contribution < 1.29 is 0 Å². The number of terminal acetylenes is 1. The smallest absolute Gasteiger partial charge is 0.0200 e. The third kappa shape index (κ3) is 11.8. The number of hydrogen-bond acceptors (Lipinski definition) is 0. The van der Waals surface area contributed by atoms with Crippen molar-refractivity contribution >= 4 is 0 Å². The van der Waals surface area contributed by atoms with Crippen LogP contribution in [0, 0.1) is 18.3 Å². The summed E-state index contributed by atoms with van der Waals surface area (Å²) in [6.07, 6.45) is 21.9. The first-order valence-corrected chi connectivity index (χ1v) is 7.81.